The Morgan fingerprint density at radius 1 is 1.16 bits per heavy atom. The van der Waals surface area contributed by atoms with Crippen LogP contribution in [0.1, 0.15) is 19.0 Å². The lowest BCUT2D eigenvalue weighted by Gasteiger charge is -2.22. The number of anilines is 1. The molecule has 0 saturated heterocycles. The van der Waals surface area contributed by atoms with Crippen LogP contribution in [0.3, 0.4) is 0 Å². The van der Waals surface area contributed by atoms with Crippen molar-refractivity contribution in [3.63, 3.8) is 0 Å². The molecule has 2 N–H and O–H groups in total. The van der Waals surface area contributed by atoms with Crippen LogP contribution in [-0.2, 0) is 13.6 Å². The van der Waals surface area contributed by atoms with Crippen LogP contribution in [0.15, 0.2) is 53.7 Å². The molecule has 0 unspecified atom stereocenters. The summed E-state index contributed by atoms with van der Waals surface area (Å²) in [5.41, 5.74) is 2.43. The van der Waals surface area contributed by atoms with Gasteiger partial charge in [0.15, 0.2) is 5.96 Å². The van der Waals surface area contributed by atoms with Crippen LogP contribution in [-0.4, -0.2) is 42.1 Å². The summed E-state index contributed by atoms with van der Waals surface area (Å²) in [4.78, 5) is 6.91. The van der Waals surface area contributed by atoms with Gasteiger partial charge in [0.1, 0.15) is 0 Å². The van der Waals surface area contributed by atoms with Gasteiger partial charge in [0.25, 0.3) is 0 Å². The quantitative estimate of drug-likeness (QED) is 0.277. The summed E-state index contributed by atoms with van der Waals surface area (Å²) in [6.07, 6.45) is 3.07. The van der Waals surface area contributed by atoms with Gasteiger partial charge in [-0.25, -0.2) is 0 Å². The second-order valence-corrected chi connectivity index (χ2v) is 5.85. The SMILES string of the molecule is CCNC(=NCCCNc1ccccc1)N(C)Cc1cccn1C.I. The molecule has 0 atom stereocenters. The summed E-state index contributed by atoms with van der Waals surface area (Å²) in [5.74, 6) is 0.957. The number of aromatic nitrogens is 1. The number of hydrogen-bond donors (Lipinski definition) is 2. The first-order chi connectivity index (χ1) is 11.7. The zero-order valence-electron chi connectivity index (χ0n) is 15.4. The van der Waals surface area contributed by atoms with E-state index in [9.17, 15) is 0 Å². The van der Waals surface area contributed by atoms with Crippen LogP contribution < -0.4 is 10.6 Å². The van der Waals surface area contributed by atoms with Crippen LogP contribution in [0.2, 0.25) is 0 Å². The second-order valence-electron chi connectivity index (χ2n) is 5.85. The van der Waals surface area contributed by atoms with Gasteiger partial charge >= 0.3 is 0 Å². The average Bonchev–Trinajstić information content (AvgIpc) is 2.99. The maximum absolute atomic E-state index is 4.74. The van der Waals surface area contributed by atoms with Crippen molar-refractivity contribution in [1.29, 1.82) is 0 Å². The topological polar surface area (TPSA) is 44.6 Å². The van der Waals surface area contributed by atoms with Gasteiger partial charge < -0.3 is 20.1 Å². The average molecular weight is 455 g/mol. The highest BCUT2D eigenvalue weighted by atomic mass is 127. The molecule has 0 aliphatic carbocycles. The molecule has 0 spiro atoms. The standard InChI is InChI=1S/C19H29N5.HI/c1-4-20-19(24(3)16-18-12-8-15-23(18)2)22-14-9-13-21-17-10-6-5-7-11-17;/h5-8,10-12,15,21H,4,9,13-14,16H2,1-3H3,(H,20,22);1H. The number of nitrogens with zero attached hydrogens (tertiary/aromatic N) is 3. The molecule has 0 fully saturated rings. The first-order valence-electron chi connectivity index (χ1n) is 8.59. The van der Waals surface area contributed by atoms with E-state index in [4.69, 9.17) is 4.99 Å². The largest absolute Gasteiger partial charge is 0.385 e. The Kier molecular flexibility index (Phi) is 10.1. The van der Waals surface area contributed by atoms with Crippen LogP contribution in [0, 0.1) is 0 Å². The van der Waals surface area contributed by atoms with Gasteiger partial charge in [-0.2, -0.15) is 0 Å². The Morgan fingerprint density at radius 3 is 2.56 bits per heavy atom. The molecule has 5 nitrogen and oxygen atoms in total. The van der Waals surface area contributed by atoms with Crippen molar-refractivity contribution in [2.75, 3.05) is 32.0 Å². The van der Waals surface area contributed by atoms with Gasteiger partial charge in [0, 0.05) is 51.3 Å². The smallest absolute Gasteiger partial charge is 0.194 e. The van der Waals surface area contributed by atoms with Crippen molar-refractivity contribution in [1.82, 2.24) is 14.8 Å². The number of hydrogen-bond acceptors (Lipinski definition) is 2. The highest BCUT2D eigenvalue weighted by Gasteiger charge is 2.07. The summed E-state index contributed by atoms with van der Waals surface area (Å²) < 4.78 is 2.14. The van der Waals surface area contributed by atoms with Gasteiger partial charge in [0.2, 0.25) is 0 Å². The monoisotopic (exact) mass is 455 g/mol. The molecule has 0 radical (unpaired) electrons. The summed E-state index contributed by atoms with van der Waals surface area (Å²) in [6.45, 7) is 5.55. The summed E-state index contributed by atoms with van der Waals surface area (Å²) in [6, 6.07) is 14.5. The van der Waals surface area contributed by atoms with E-state index in [-0.39, 0.29) is 24.0 Å². The van der Waals surface area contributed by atoms with Gasteiger partial charge in [0.05, 0.1) is 6.54 Å². The van der Waals surface area contributed by atoms with E-state index in [1.54, 1.807) is 0 Å². The molecule has 0 amide bonds. The number of rotatable bonds is 8. The molecule has 0 aliphatic rings. The third-order valence-corrected chi connectivity index (χ3v) is 3.85. The molecular formula is C19H30IN5. The minimum absolute atomic E-state index is 0. The molecular weight excluding hydrogens is 425 g/mol. The molecule has 1 heterocycles. The predicted molar refractivity (Wildman–Crippen MR) is 118 cm³/mol. The van der Waals surface area contributed by atoms with Crippen LogP contribution in [0.25, 0.3) is 0 Å². The Morgan fingerprint density at radius 2 is 1.92 bits per heavy atom. The van der Waals surface area contributed by atoms with Crippen molar-refractivity contribution in [2.24, 2.45) is 12.0 Å². The van der Waals surface area contributed by atoms with Crippen molar-refractivity contribution < 1.29 is 0 Å². The number of aliphatic imine (C=N–C) groups is 1. The highest BCUT2D eigenvalue weighted by Crippen LogP contribution is 2.05. The van der Waals surface area contributed by atoms with Gasteiger partial charge in [-0.05, 0) is 37.6 Å². The number of benzene rings is 1. The second kappa shape index (κ2) is 11.8. The lowest BCUT2D eigenvalue weighted by Crippen LogP contribution is -2.39. The lowest BCUT2D eigenvalue weighted by atomic mass is 10.3. The molecule has 6 heteroatoms. The van der Waals surface area contributed by atoms with Gasteiger partial charge in [-0.1, -0.05) is 18.2 Å². The van der Waals surface area contributed by atoms with Gasteiger partial charge in [-0.15, -0.1) is 24.0 Å². The van der Waals surface area contributed by atoms with E-state index in [2.05, 4.69) is 71.6 Å². The van der Waals surface area contributed by atoms with E-state index >= 15 is 0 Å². The fourth-order valence-electron chi connectivity index (χ4n) is 2.50. The number of guanidine groups is 1. The summed E-state index contributed by atoms with van der Waals surface area (Å²) >= 11 is 0. The van der Waals surface area contributed by atoms with Crippen LogP contribution in [0.5, 0.6) is 0 Å². The van der Waals surface area contributed by atoms with Gasteiger partial charge in [-0.3, -0.25) is 4.99 Å². The van der Waals surface area contributed by atoms with E-state index in [0.29, 0.717) is 0 Å². The maximum Gasteiger partial charge on any atom is 0.194 e. The maximum atomic E-state index is 4.74. The Labute approximate surface area is 168 Å². The number of aryl methyl sites for hydroxylation is 1. The first kappa shape index (κ1) is 21.3. The van der Waals surface area contributed by atoms with Crippen molar-refractivity contribution >= 4 is 35.6 Å². The highest BCUT2D eigenvalue weighted by molar-refractivity contribution is 14.0. The predicted octanol–water partition coefficient (Wildman–Crippen LogP) is 3.54. The molecule has 0 bridgehead atoms. The zero-order valence-corrected chi connectivity index (χ0v) is 17.7. The van der Waals surface area contributed by atoms with Crippen molar-refractivity contribution in [3.05, 3.63) is 54.4 Å². The Balaban J connectivity index is 0.00000312. The van der Waals surface area contributed by atoms with E-state index < -0.39 is 0 Å². The Hall–Kier alpha value is -1.70. The third kappa shape index (κ3) is 7.37. The first-order valence-corrected chi connectivity index (χ1v) is 8.59. The minimum Gasteiger partial charge on any atom is -0.385 e. The molecule has 25 heavy (non-hydrogen) atoms. The van der Waals surface area contributed by atoms with Crippen LogP contribution >= 0.6 is 24.0 Å². The minimum atomic E-state index is 0. The molecule has 0 aliphatic heterocycles. The summed E-state index contributed by atoms with van der Waals surface area (Å²) in [7, 11) is 4.15. The van der Waals surface area contributed by atoms with E-state index in [0.717, 1.165) is 44.2 Å². The van der Waals surface area contributed by atoms with Crippen molar-refractivity contribution in [3.8, 4) is 0 Å². The molecule has 2 rings (SSSR count). The molecule has 138 valence electrons. The lowest BCUT2D eigenvalue weighted by molar-refractivity contribution is 0.462. The molecule has 1 aromatic heterocycles. The normalized spacial score (nSPS) is 10.9. The van der Waals surface area contributed by atoms with Crippen LogP contribution in [0.4, 0.5) is 5.69 Å². The number of nitrogens with one attached hydrogen (secondary N) is 2. The fourth-order valence-corrected chi connectivity index (χ4v) is 2.50. The third-order valence-electron chi connectivity index (χ3n) is 3.85. The number of halogens is 1. The Bertz CT molecular complexity index is 624. The molecule has 2 aromatic rings. The number of para-hydroxylation sites is 1. The molecule has 1 aromatic carbocycles. The fraction of sp³-hybridized carbons (Fsp3) is 0.421. The van der Waals surface area contributed by atoms with Crippen molar-refractivity contribution in [2.45, 2.75) is 19.9 Å². The van der Waals surface area contributed by atoms with E-state index in [1.807, 2.05) is 18.2 Å². The zero-order chi connectivity index (χ0) is 17.2. The van der Waals surface area contributed by atoms with E-state index in [1.165, 1.54) is 5.69 Å². The summed E-state index contributed by atoms with van der Waals surface area (Å²) in [5, 5.41) is 6.79. The molecule has 0 saturated carbocycles.